The van der Waals surface area contributed by atoms with Crippen LogP contribution in [0.1, 0.15) is 23.0 Å². The molecular weight excluding hydrogens is 328 g/mol. The molecule has 7 heteroatoms. The average molecular weight is 343 g/mol. The van der Waals surface area contributed by atoms with E-state index in [2.05, 4.69) is 15.2 Å². The van der Waals surface area contributed by atoms with E-state index in [1.165, 1.54) is 0 Å². The van der Waals surface area contributed by atoms with Crippen LogP contribution in [0, 0.1) is 6.92 Å². The van der Waals surface area contributed by atoms with E-state index in [-0.39, 0.29) is 12.3 Å². The number of hydrogen-bond acceptors (Lipinski definition) is 5. The summed E-state index contributed by atoms with van der Waals surface area (Å²) in [6, 6.07) is 10.7. The average Bonchev–Trinajstić information content (AvgIpc) is 2.95. The van der Waals surface area contributed by atoms with Gasteiger partial charge in [0, 0.05) is 11.2 Å². The first-order chi connectivity index (χ1) is 11.6. The van der Waals surface area contributed by atoms with E-state index in [1.54, 1.807) is 41.8 Å². The number of pyridine rings is 1. The van der Waals surface area contributed by atoms with E-state index >= 15 is 0 Å². The van der Waals surface area contributed by atoms with Crippen LogP contribution in [0.25, 0.3) is 5.65 Å². The number of hydrogen-bond donors (Lipinski definition) is 0. The van der Waals surface area contributed by atoms with E-state index in [9.17, 15) is 4.79 Å². The highest BCUT2D eigenvalue weighted by molar-refractivity contribution is 6.30. The highest BCUT2D eigenvalue weighted by Crippen LogP contribution is 2.26. The zero-order chi connectivity index (χ0) is 17.1. The summed E-state index contributed by atoms with van der Waals surface area (Å²) in [5.74, 6) is -0.187. The molecule has 0 saturated heterocycles. The standard InChI is InChI=1S/C17H15ClN4O2/c1-3-24-17(23)14-16(21-20-13-8-6-12(18)7-9-13)22-10-4-5-11(2)15(22)19-14/h4-10H,3H2,1-2H3. The van der Waals surface area contributed by atoms with Crippen LogP contribution in [0.5, 0.6) is 0 Å². The second-order valence-electron chi connectivity index (χ2n) is 5.07. The second-order valence-corrected chi connectivity index (χ2v) is 5.50. The lowest BCUT2D eigenvalue weighted by Crippen LogP contribution is -2.05. The van der Waals surface area contributed by atoms with Gasteiger partial charge in [-0.3, -0.25) is 4.40 Å². The number of halogens is 1. The monoisotopic (exact) mass is 342 g/mol. The van der Waals surface area contributed by atoms with E-state index in [4.69, 9.17) is 16.3 Å². The van der Waals surface area contributed by atoms with Crippen LogP contribution in [0.3, 0.4) is 0 Å². The van der Waals surface area contributed by atoms with Gasteiger partial charge in [0.25, 0.3) is 0 Å². The highest BCUT2D eigenvalue weighted by Gasteiger charge is 2.21. The molecule has 0 fully saturated rings. The van der Waals surface area contributed by atoms with Gasteiger partial charge in [0.1, 0.15) is 5.65 Å². The van der Waals surface area contributed by atoms with Crippen molar-refractivity contribution in [1.82, 2.24) is 9.38 Å². The number of rotatable bonds is 4. The Kier molecular flexibility index (Phi) is 4.57. The van der Waals surface area contributed by atoms with Crippen LogP contribution in [0.2, 0.25) is 5.02 Å². The zero-order valence-electron chi connectivity index (χ0n) is 13.2. The molecule has 0 radical (unpaired) electrons. The van der Waals surface area contributed by atoms with Gasteiger partial charge in [0.2, 0.25) is 0 Å². The van der Waals surface area contributed by atoms with E-state index in [1.807, 2.05) is 19.1 Å². The number of aryl methyl sites for hydroxylation is 1. The van der Waals surface area contributed by atoms with E-state index in [0.29, 0.717) is 22.2 Å². The summed E-state index contributed by atoms with van der Waals surface area (Å²) in [7, 11) is 0. The summed E-state index contributed by atoms with van der Waals surface area (Å²) in [5, 5.41) is 9.01. The molecule has 0 spiro atoms. The van der Waals surface area contributed by atoms with Gasteiger partial charge in [0.05, 0.1) is 12.3 Å². The number of carbonyl (C=O) groups is 1. The van der Waals surface area contributed by atoms with Crippen LogP contribution in [-0.2, 0) is 4.74 Å². The normalized spacial score (nSPS) is 11.3. The molecule has 2 heterocycles. The highest BCUT2D eigenvalue weighted by atomic mass is 35.5. The van der Waals surface area contributed by atoms with Crippen LogP contribution < -0.4 is 0 Å². The molecule has 3 rings (SSSR count). The van der Waals surface area contributed by atoms with Crippen molar-refractivity contribution < 1.29 is 9.53 Å². The summed E-state index contributed by atoms with van der Waals surface area (Å²) in [6.07, 6.45) is 1.79. The van der Waals surface area contributed by atoms with Gasteiger partial charge in [-0.1, -0.05) is 17.7 Å². The maximum absolute atomic E-state index is 12.2. The fraction of sp³-hybridized carbons (Fsp3) is 0.176. The largest absolute Gasteiger partial charge is 0.461 e. The first kappa shape index (κ1) is 16.1. The van der Waals surface area contributed by atoms with Gasteiger partial charge in [0.15, 0.2) is 11.5 Å². The van der Waals surface area contributed by atoms with Crippen molar-refractivity contribution in [2.45, 2.75) is 13.8 Å². The van der Waals surface area contributed by atoms with Gasteiger partial charge in [-0.25, -0.2) is 9.78 Å². The number of azo groups is 1. The molecule has 0 atom stereocenters. The van der Waals surface area contributed by atoms with Gasteiger partial charge >= 0.3 is 5.97 Å². The number of benzene rings is 1. The summed E-state index contributed by atoms with van der Waals surface area (Å²) in [6.45, 7) is 3.92. The van der Waals surface area contributed by atoms with Crippen LogP contribution >= 0.6 is 11.6 Å². The van der Waals surface area contributed by atoms with Gasteiger partial charge < -0.3 is 4.74 Å². The topological polar surface area (TPSA) is 68.3 Å². The Bertz CT molecular complexity index is 916. The Hall–Kier alpha value is -2.73. The van der Waals surface area contributed by atoms with Gasteiger partial charge in [-0.15, -0.1) is 10.2 Å². The second kappa shape index (κ2) is 6.80. The molecule has 24 heavy (non-hydrogen) atoms. The fourth-order valence-corrected chi connectivity index (χ4v) is 2.36. The zero-order valence-corrected chi connectivity index (χ0v) is 14.0. The molecule has 0 amide bonds. The lowest BCUT2D eigenvalue weighted by atomic mass is 10.3. The molecule has 0 aliphatic heterocycles. The molecule has 0 N–H and O–H groups in total. The summed E-state index contributed by atoms with van der Waals surface area (Å²) in [5.41, 5.74) is 2.34. The number of esters is 1. The third-order valence-electron chi connectivity index (χ3n) is 3.38. The number of imidazole rings is 1. The first-order valence-electron chi connectivity index (χ1n) is 7.42. The Morgan fingerprint density at radius 1 is 1.25 bits per heavy atom. The van der Waals surface area contributed by atoms with Crippen LogP contribution in [0.4, 0.5) is 11.5 Å². The third-order valence-corrected chi connectivity index (χ3v) is 3.63. The molecule has 3 aromatic rings. The minimum atomic E-state index is -0.523. The number of nitrogens with zero attached hydrogens (tertiary/aromatic N) is 4. The third kappa shape index (κ3) is 3.14. The Labute approximate surface area is 143 Å². The number of carbonyl (C=O) groups excluding carboxylic acids is 1. The van der Waals surface area contributed by atoms with Crippen molar-refractivity contribution in [3.8, 4) is 0 Å². The predicted molar refractivity (Wildman–Crippen MR) is 91.5 cm³/mol. The number of fused-ring (bicyclic) bond motifs is 1. The minimum Gasteiger partial charge on any atom is -0.461 e. The molecule has 0 aliphatic rings. The van der Waals surface area contributed by atoms with E-state index in [0.717, 1.165) is 5.56 Å². The smallest absolute Gasteiger partial charge is 0.360 e. The van der Waals surface area contributed by atoms with E-state index < -0.39 is 5.97 Å². The maximum atomic E-state index is 12.2. The fourth-order valence-electron chi connectivity index (χ4n) is 2.24. The molecule has 6 nitrogen and oxygen atoms in total. The Morgan fingerprint density at radius 3 is 2.71 bits per heavy atom. The van der Waals surface area contributed by atoms with Crippen molar-refractivity contribution in [3.63, 3.8) is 0 Å². The predicted octanol–water partition coefficient (Wildman–Crippen LogP) is 4.89. The molecule has 0 saturated carbocycles. The number of ether oxygens (including phenoxy) is 1. The molecule has 122 valence electrons. The molecule has 1 aromatic carbocycles. The minimum absolute atomic E-state index is 0.142. The van der Waals surface area contributed by atoms with Gasteiger partial charge in [-0.2, -0.15) is 0 Å². The molecular formula is C17H15ClN4O2. The van der Waals surface area contributed by atoms with Crippen molar-refractivity contribution in [2.75, 3.05) is 6.61 Å². The number of aromatic nitrogens is 2. The lowest BCUT2D eigenvalue weighted by molar-refractivity contribution is 0.0521. The Morgan fingerprint density at radius 2 is 2.00 bits per heavy atom. The van der Waals surface area contributed by atoms with Crippen LogP contribution in [0.15, 0.2) is 52.8 Å². The molecule has 0 aliphatic carbocycles. The summed E-state index contributed by atoms with van der Waals surface area (Å²) >= 11 is 5.86. The Balaban J connectivity index is 2.10. The summed E-state index contributed by atoms with van der Waals surface area (Å²) < 4.78 is 6.80. The van der Waals surface area contributed by atoms with Crippen molar-refractivity contribution in [3.05, 3.63) is 58.9 Å². The lowest BCUT2D eigenvalue weighted by Gasteiger charge is -2.00. The van der Waals surface area contributed by atoms with Crippen molar-refractivity contribution >= 4 is 34.7 Å². The SMILES string of the molecule is CCOC(=O)c1nc2c(C)cccn2c1N=Nc1ccc(Cl)cc1. The molecule has 0 unspecified atom stereocenters. The molecule has 2 aromatic heterocycles. The summed E-state index contributed by atoms with van der Waals surface area (Å²) in [4.78, 5) is 16.6. The van der Waals surface area contributed by atoms with Crippen molar-refractivity contribution in [2.24, 2.45) is 10.2 Å². The first-order valence-corrected chi connectivity index (χ1v) is 7.80. The van der Waals surface area contributed by atoms with Gasteiger partial charge in [-0.05, 0) is 49.7 Å². The molecule has 0 bridgehead atoms. The quantitative estimate of drug-likeness (QED) is 0.500. The van der Waals surface area contributed by atoms with Crippen LogP contribution in [-0.4, -0.2) is 22.0 Å². The van der Waals surface area contributed by atoms with Crippen molar-refractivity contribution in [1.29, 1.82) is 0 Å². The maximum Gasteiger partial charge on any atom is 0.360 e.